The summed E-state index contributed by atoms with van der Waals surface area (Å²) < 4.78 is 0. The van der Waals surface area contributed by atoms with Gasteiger partial charge >= 0.3 is 0 Å². The number of non-ortho nitro benzene ring substituents is 1. The molecule has 0 bridgehead atoms. The van der Waals surface area contributed by atoms with Gasteiger partial charge in [0.2, 0.25) is 5.91 Å². The van der Waals surface area contributed by atoms with Crippen LogP contribution >= 0.6 is 23.4 Å². The molecule has 8 nitrogen and oxygen atoms in total. The van der Waals surface area contributed by atoms with Crippen LogP contribution in [0.3, 0.4) is 0 Å². The Kier molecular flexibility index (Phi) is 5.43. The molecule has 2 aromatic carbocycles. The molecule has 3 rings (SSSR count). The van der Waals surface area contributed by atoms with Crippen molar-refractivity contribution >= 4 is 51.5 Å². The number of fused-ring (bicyclic) bond motifs is 1. The molecule has 0 aliphatic rings. The lowest BCUT2D eigenvalue weighted by Gasteiger charge is -2.12. The first-order valence-electron chi connectivity index (χ1n) is 7.75. The number of carbonyl (C=O) groups is 1. The smallest absolute Gasteiger partial charge is 0.271 e. The van der Waals surface area contributed by atoms with Gasteiger partial charge in [0.25, 0.3) is 11.2 Å². The first-order valence-corrected chi connectivity index (χ1v) is 9.01. The highest BCUT2D eigenvalue weighted by molar-refractivity contribution is 8.00. The Morgan fingerprint density at radius 1 is 1.33 bits per heavy atom. The van der Waals surface area contributed by atoms with Crippen LogP contribution in [0.5, 0.6) is 0 Å². The quantitative estimate of drug-likeness (QED) is 0.290. The minimum atomic E-state index is -0.635. The lowest BCUT2D eigenvalue weighted by Crippen LogP contribution is -2.23. The van der Waals surface area contributed by atoms with Crippen molar-refractivity contribution in [2.45, 2.75) is 17.3 Å². The molecule has 2 N–H and O–H groups in total. The van der Waals surface area contributed by atoms with E-state index < -0.39 is 16.1 Å². The van der Waals surface area contributed by atoms with Gasteiger partial charge in [-0.15, -0.1) is 0 Å². The van der Waals surface area contributed by atoms with Gasteiger partial charge in [-0.1, -0.05) is 35.5 Å². The monoisotopic (exact) mass is 404 g/mol. The number of amides is 1. The van der Waals surface area contributed by atoms with Crippen LogP contribution in [0.15, 0.2) is 52.4 Å². The van der Waals surface area contributed by atoms with Crippen LogP contribution in [0, 0.1) is 10.1 Å². The van der Waals surface area contributed by atoms with Crippen LogP contribution < -0.4 is 10.9 Å². The number of hydrogen-bond acceptors (Lipinski definition) is 6. The molecular weight excluding hydrogens is 392 g/mol. The van der Waals surface area contributed by atoms with Crippen molar-refractivity contribution in [3.05, 3.63) is 68.0 Å². The molecule has 1 amide bonds. The number of para-hydroxylation sites is 1. The van der Waals surface area contributed by atoms with Crippen molar-refractivity contribution in [1.29, 1.82) is 0 Å². The number of rotatable bonds is 5. The molecule has 27 heavy (non-hydrogen) atoms. The fraction of sp³-hybridized carbons (Fsp3) is 0.118. The van der Waals surface area contributed by atoms with Gasteiger partial charge in [-0.25, -0.2) is 4.98 Å². The summed E-state index contributed by atoms with van der Waals surface area (Å²) in [4.78, 5) is 41.8. The minimum Gasteiger partial charge on any atom is -0.324 e. The number of hydrogen-bond donors (Lipinski definition) is 2. The Hall–Kier alpha value is -2.91. The van der Waals surface area contributed by atoms with Crippen LogP contribution in [-0.2, 0) is 4.79 Å². The maximum absolute atomic E-state index is 12.4. The van der Waals surface area contributed by atoms with Gasteiger partial charge in [0.15, 0.2) is 5.16 Å². The maximum Gasteiger partial charge on any atom is 0.271 e. The fourth-order valence-corrected chi connectivity index (χ4v) is 3.27. The highest BCUT2D eigenvalue weighted by Crippen LogP contribution is 2.28. The molecule has 0 fully saturated rings. The Bertz CT molecular complexity index is 1100. The average Bonchev–Trinajstić information content (AvgIpc) is 2.63. The molecule has 0 saturated carbocycles. The molecule has 3 aromatic rings. The van der Waals surface area contributed by atoms with E-state index in [1.54, 1.807) is 31.2 Å². The molecule has 1 heterocycles. The molecule has 138 valence electrons. The first kappa shape index (κ1) is 18.9. The second kappa shape index (κ2) is 7.77. The van der Waals surface area contributed by atoms with Crippen LogP contribution in [-0.4, -0.2) is 26.0 Å². The van der Waals surface area contributed by atoms with E-state index in [0.29, 0.717) is 16.1 Å². The fourth-order valence-electron chi connectivity index (χ4n) is 2.30. The zero-order chi connectivity index (χ0) is 19.6. The number of benzene rings is 2. The Morgan fingerprint density at radius 3 is 2.81 bits per heavy atom. The third kappa shape index (κ3) is 4.26. The molecule has 10 heteroatoms. The summed E-state index contributed by atoms with van der Waals surface area (Å²) in [6.45, 7) is 1.63. The van der Waals surface area contributed by atoms with E-state index in [0.717, 1.165) is 11.8 Å². The number of thioether (sulfide) groups is 1. The van der Waals surface area contributed by atoms with Gasteiger partial charge in [-0.3, -0.25) is 19.7 Å². The second-order valence-electron chi connectivity index (χ2n) is 5.56. The van der Waals surface area contributed by atoms with Crippen molar-refractivity contribution in [3.8, 4) is 0 Å². The molecule has 0 radical (unpaired) electrons. The summed E-state index contributed by atoms with van der Waals surface area (Å²) in [7, 11) is 0. The van der Waals surface area contributed by atoms with Crippen LogP contribution in [0.25, 0.3) is 10.9 Å². The maximum atomic E-state index is 12.4. The largest absolute Gasteiger partial charge is 0.324 e. The van der Waals surface area contributed by atoms with Gasteiger partial charge in [-0.2, -0.15) is 0 Å². The Balaban J connectivity index is 1.78. The third-order valence-corrected chi connectivity index (χ3v) is 4.98. The Morgan fingerprint density at radius 2 is 2.07 bits per heavy atom. The predicted molar refractivity (Wildman–Crippen MR) is 104 cm³/mol. The molecule has 0 saturated heterocycles. The number of aromatic nitrogens is 2. The SMILES string of the molecule is C[C@@H](Sc1nc2ccccc2c(=O)[nH]1)C(=O)Nc1cc([N+](=O)[O-])ccc1Cl. The van der Waals surface area contributed by atoms with E-state index >= 15 is 0 Å². The van der Waals surface area contributed by atoms with E-state index in [4.69, 9.17) is 11.6 Å². The number of nitro groups is 1. The van der Waals surface area contributed by atoms with Crippen molar-refractivity contribution < 1.29 is 9.72 Å². The summed E-state index contributed by atoms with van der Waals surface area (Å²) in [6, 6.07) is 10.7. The van der Waals surface area contributed by atoms with Crippen LogP contribution in [0.4, 0.5) is 11.4 Å². The van der Waals surface area contributed by atoms with Crippen LogP contribution in [0.2, 0.25) is 5.02 Å². The summed E-state index contributed by atoms with van der Waals surface area (Å²) >= 11 is 7.05. The van der Waals surface area contributed by atoms with Gasteiger partial charge in [0.1, 0.15) is 0 Å². The van der Waals surface area contributed by atoms with E-state index in [2.05, 4.69) is 15.3 Å². The van der Waals surface area contributed by atoms with Crippen molar-refractivity contribution in [1.82, 2.24) is 9.97 Å². The van der Waals surface area contributed by atoms with E-state index in [-0.39, 0.29) is 22.0 Å². The topological polar surface area (TPSA) is 118 Å². The van der Waals surface area contributed by atoms with E-state index in [1.807, 2.05) is 0 Å². The molecule has 0 spiro atoms. The van der Waals surface area contributed by atoms with Gasteiger partial charge in [0, 0.05) is 12.1 Å². The number of nitro benzene ring substituents is 1. The molecular formula is C17H13ClN4O4S. The van der Waals surface area contributed by atoms with Gasteiger partial charge < -0.3 is 10.3 Å². The number of carbonyl (C=O) groups excluding carboxylic acids is 1. The zero-order valence-electron chi connectivity index (χ0n) is 13.9. The molecule has 0 aliphatic heterocycles. The third-order valence-electron chi connectivity index (χ3n) is 3.67. The summed E-state index contributed by atoms with van der Waals surface area (Å²) in [5.41, 5.74) is 0.189. The predicted octanol–water partition coefficient (Wildman–Crippen LogP) is 3.60. The van der Waals surface area contributed by atoms with Crippen LogP contribution in [0.1, 0.15) is 6.92 Å². The van der Waals surface area contributed by atoms with Crippen molar-refractivity contribution in [2.24, 2.45) is 0 Å². The normalized spacial score (nSPS) is 11.9. The molecule has 0 aliphatic carbocycles. The number of aromatic amines is 1. The number of H-pyrrole nitrogens is 1. The molecule has 0 unspecified atom stereocenters. The number of nitrogens with one attached hydrogen (secondary N) is 2. The number of halogens is 1. The van der Waals surface area contributed by atoms with E-state index in [1.165, 1.54) is 18.2 Å². The highest BCUT2D eigenvalue weighted by atomic mass is 35.5. The average molecular weight is 405 g/mol. The standard InChI is InChI=1S/C17H13ClN4O4S/c1-9(15(23)19-14-8-10(22(25)26)6-7-12(14)18)27-17-20-13-5-3-2-4-11(13)16(24)21-17/h2-9H,1H3,(H,19,23)(H,20,21,24)/t9-/m1/s1. The first-order chi connectivity index (χ1) is 12.8. The minimum absolute atomic E-state index is 0.142. The lowest BCUT2D eigenvalue weighted by atomic mass is 10.2. The lowest BCUT2D eigenvalue weighted by molar-refractivity contribution is -0.384. The summed E-state index contributed by atoms with van der Waals surface area (Å²) in [6.07, 6.45) is 0. The molecule has 1 aromatic heterocycles. The highest BCUT2D eigenvalue weighted by Gasteiger charge is 2.19. The van der Waals surface area contributed by atoms with Crippen molar-refractivity contribution in [2.75, 3.05) is 5.32 Å². The summed E-state index contributed by atoms with van der Waals surface area (Å²) in [5, 5.41) is 13.7. The number of anilines is 1. The molecule has 1 atom stereocenters. The zero-order valence-corrected chi connectivity index (χ0v) is 15.5. The van der Waals surface area contributed by atoms with Crippen molar-refractivity contribution in [3.63, 3.8) is 0 Å². The van der Waals surface area contributed by atoms with E-state index in [9.17, 15) is 19.7 Å². The summed E-state index contributed by atoms with van der Waals surface area (Å²) in [5.74, 6) is -0.432. The van der Waals surface area contributed by atoms with Gasteiger partial charge in [-0.05, 0) is 25.1 Å². The Labute approximate surface area is 162 Å². The number of nitrogens with zero attached hydrogens (tertiary/aromatic N) is 2. The van der Waals surface area contributed by atoms with Gasteiger partial charge in [0.05, 0.1) is 31.8 Å². The second-order valence-corrected chi connectivity index (χ2v) is 7.30.